The first-order chi connectivity index (χ1) is 11.6. The van der Waals surface area contributed by atoms with Gasteiger partial charge in [-0.15, -0.1) is 11.3 Å². The van der Waals surface area contributed by atoms with Gasteiger partial charge in [-0.25, -0.2) is 5.01 Å². The summed E-state index contributed by atoms with van der Waals surface area (Å²) < 4.78 is 0. The Morgan fingerprint density at radius 1 is 1.46 bits per heavy atom. The third-order valence-corrected chi connectivity index (χ3v) is 5.44. The SMILES string of the molecule is CN1N=C(C(=O)NC[C@H]2CCCN(Cc3cccs3)C2)CCC1=O. The van der Waals surface area contributed by atoms with Crippen LogP contribution in [0.5, 0.6) is 0 Å². The third-order valence-electron chi connectivity index (χ3n) is 4.58. The van der Waals surface area contributed by atoms with Crippen molar-refractivity contribution >= 4 is 28.9 Å². The van der Waals surface area contributed by atoms with Crippen LogP contribution in [0.15, 0.2) is 22.6 Å². The van der Waals surface area contributed by atoms with Gasteiger partial charge in [-0.2, -0.15) is 5.10 Å². The van der Waals surface area contributed by atoms with Crippen LogP contribution in [-0.2, 0) is 16.1 Å². The second-order valence-electron chi connectivity index (χ2n) is 6.50. The van der Waals surface area contributed by atoms with Crippen molar-refractivity contribution in [2.45, 2.75) is 32.2 Å². The number of hydrazone groups is 1. The van der Waals surface area contributed by atoms with Crippen LogP contribution in [0.3, 0.4) is 0 Å². The van der Waals surface area contributed by atoms with Gasteiger partial charge in [-0.1, -0.05) is 6.07 Å². The molecule has 0 aliphatic carbocycles. The Morgan fingerprint density at radius 2 is 2.33 bits per heavy atom. The minimum atomic E-state index is -0.135. The van der Waals surface area contributed by atoms with Gasteiger partial charge in [0.2, 0.25) is 5.91 Å². The summed E-state index contributed by atoms with van der Waals surface area (Å²) >= 11 is 1.80. The Kier molecular flexibility index (Phi) is 5.63. The van der Waals surface area contributed by atoms with Gasteiger partial charge in [0.25, 0.3) is 5.91 Å². The maximum atomic E-state index is 12.2. The van der Waals surface area contributed by atoms with Crippen molar-refractivity contribution in [3.63, 3.8) is 0 Å². The number of nitrogens with one attached hydrogen (secondary N) is 1. The summed E-state index contributed by atoms with van der Waals surface area (Å²) in [6.45, 7) is 3.82. The van der Waals surface area contributed by atoms with Gasteiger partial charge in [0, 0.05) is 44.4 Å². The molecule has 130 valence electrons. The standard InChI is InChI=1S/C17H24N4O2S/c1-20-16(22)7-6-15(19-20)17(23)18-10-13-4-2-8-21(11-13)12-14-5-3-9-24-14/h3,5,9,13H,2,4,6-8,10-12H2,1H3,(H,18,23)/t13-/m1/s1. The van der Waals surface area contributed by atoms with Gasteiger partial charge >= 0.3 is 0 Å². The number of likely N-dealkylation sites (tertiary alicyclic amines) is 1. The van der Waals surface area contributed by atoms with E-state index in [0.29, 0.717) is 31.0 Å². The molecule has 1 aromatic rings. The van der Waals surface area contributed by atoms with Crippen LogP contribution in [-0.4, -0.2) is 54.1 Å². The van der Waals surface area contributed by atoms with Gasteiger partial charge < -0.3 is 5.32 Å². The molecule has 2 aliphatic rings. The fourth-order valence-corrected chi connectivity index (χ4v) is 4.00. The summed E-state index contributed by atoms with van der Waals surface area (Å²) in [5.41, 5.74) is 0.461. The Hall–Kier alpha value is -1.73. The molecule has 1 atom stereocenters. The third kappa shape index (κ3) is 4.42. The molecule has 0 unspecified atom stereocenters. The van der Waals surface area contributed by atoms with Crippen molar-refractivity contribution in [3.8, 4) is 0 Å². The first-order valence-corrected chi connectivity index (χ1v) is 9.37. The second kappa shape index (κ2) is 7.90. The molecule has 1 fully saturated rings. The Morgan fingerprint density at radius 3 is 3.08 bits per heavy atom. The van der Waals surface area contributed by atoms with Crippen LogP contribution >= 0.6 is 11.3 Å². The highest BCUT2D eigenvalue weighted by Gasteiger charge is 2.24. The molecule has 0 saturated carbocycles. The maximum absolute atomic E-state index is 12.2. The summed E-state index contributed by atoms with van der Waals surface area (Å²) in [6, 6.07) is 4.27. The van der Waals surface area contributed by atoms with E-state index in [1.54, 1.807) is 18.4 Å². The van der Waals surface area contributed by atoms with Crippen molar-refractivity contribution in [1.82, 2.24) is 15.2 Å². The first-order valence-electron chi connectivity index (χ1n) is 8.49. The summed E-state index contributed by atoms with van der Waals surface area (Å²) in [5, 5.41) is 10.5. The normalized spacial score (nSPS) is 22.4. The lowest BCUT2D eigenvalue weighted by molar-refractivity contribution is -0.130. The highest BCUT2D eigenvalue weighted by molar-refractivity contribution is 7.09. The van der Waals surface area contributed by atoms with E-state index in [0.717, 1.165) is 26.1 Å². The van der Waals surface area contributed by atoms with Crippen molar-refractivity contribution in [2.75, 3.05) is 26.7 Å². The largest absolute Gasteiger partial charge is 0.351 e. The van der Waals surface area contributed by atoms with Crippen LogP contribution in [0.2, 0.25) is 0 Å². The second-order valence-corrected chi connectivity index (χ2v) is 7.53. The number of carbonyl (C=O) groups excluding carboxylic acids is 2. The number of nitrogens with zero attached hydrogens (tertiary/aromatic N) is 3. The molecule has 0 spiro atoms. The van der Waals surface area contributed by atoms with Gasteiger partial charge in [0.05, 0.1) is 0 Å². The van der Waals surface area contributed by atoms with E-state index in [2.05, 4.69) is 32.8 Å². The van der Waals surface area contributed by atoms with E-state index >= 15 is 0 Å². The average molecular weight is 348 g/mol. The van der Waals surface area contributed by atoms with E-state index in [-0.39, 0.29) is 11.8 Å². The predicted octanol–water partition coefficient (Wildman–Crippen LogP) is 1.68. The lowest BCUT2D eigenvalue weighted by atomic mass is 9.97. The number of hydrogen-bond donors (Lipinski definition) is 1. The fourth-order valence-electron chi connectivity index (χ4n) is 3.26. The molecule has 2 aliphatic heterocycles. The predicted molar refractivity (Wildman–Crippen MR) is 94.8 cm³/mol. The molecular formula is C17H24N4O2S. The van der Waals surface area contributed by atoms with Gasteiger partial charge in [-0.05, 0) is 36.8 Å². The monoisotopic (exact) mass is 348 g/mol. The molecule has 0 aromatic carbocycles. The van der Waals surface area contributed by atoms with E-state index in [9.17, 15) is 9.59 Å². The number of rotatable bonds is 5. The smallest absolute Gasteiger partial charge is 0.267 e. The van der Waals surface area contributed by atoms with Crippen LogP contribution in [0.1, 0.15) is 30.6 Å². The van der Waals surface area contributed by atoms with Gasteiger partial charge in [0.1, 0.15) is 5.71 Å². The molecule has 1 N–H and O–H groups in total. The van der Waals surface area contributed by atoms with Crippen LogP contribution in [0.25, 0.3) is 0 Å². The quantitative estimate of drug-likeness (QED) is 0.881. The maximum Gasteiger partial charge on any atom is 0.267 e. The molecule has 24 heavy (non-hydrogen) atoms. The molecule has 1 aromatic heterocycles. The zero-order chi connectivity index (χ0) is 16.9. The molecule has 3 heterocycles. The Balaban J connectivity index is 1.46. The van der Waals surface area contributed by atoms with Crippen molar-refractivity contribution in [2.24, 2.45) is 11.0 Å². The van der Waals surface area contributed by atoms with Gasteiger partial charge in [0.15, 0.2) is 0 Å². The van der Waals surface area contributed by atoms with Crippen LogP contribution in [0, 0.1) is 5.92 Å². The van der Waals surface area contributed by atoms with Gasteiger partial charge in [-0.3, -0.25) is 14.5 Å². The Labute approximate surface area is 146 Å². The summed E-state index contributed by atoms with van der Waals surface area (Å²) in [7, 11) is 1.60. The molecule has 1 saturated heterocycles. The average Bonchev–Trinajstić information content (AvgIpc) is 3.08. The summed E-state index contributed by atoms with van der Waals surface area (Å²) in [5.74, 6) is 0.305. The van der Waals surface area contributed by atoms with E-state index < -0.39 is 0 Å². The molecule has 0 radical (unpaired) electrons. The number of piperidine rings is 1. The first kappa shape index (κ1) is 17.1. The van der Waals surface area contributed by atoms with Crippen molar-refractivity contribution in [3.05, 3.63) is 22.4 Å². The fraction of sp³-hybridized carbons (Fsp3) is 0.588. The molecule has 7 heteroatoms. The van der Waals surface area contributed by atoms with Crippen molar-refractivity contribution in [1.29, 1.82) is 0 Å². The van der Waals surface area contributed by atoms with E-state index in [1.807, 2.05) is 0 Å². The van der Waals surface area contributed by atoms with E-state index in [4.69, 9.17) is 0 Å². The Bertz CT molecular complexity index is 614. The highest BCUT2D eigenvalue weighted by Crippen LogP contribution is 2.20. The minimum absolute atomic E-state index is 0.0388. The number of thiophene rings is 1. The molecule has 0 bridgehead atoms. The number of amides is 2. The van der Waals surface area contributed by atoms with Crippen LogP contribution < -0.4 is 5.32 Å². The lowest BCUT2D eigenvalue weighted by Crippen LogP contribution is -2.43. The van der Waals surface area contributed by atoms with E-state index in [1.165, 1.54) is 16.3 Å². The topological polar surface area (TPSA) is 65.0 Å². The minimum Gasteiger partial charge on any atom is -0.351 e. The van der Waals surface area contributed by atoms with Crippen LogP contribution in [0.4, 0.5) is 0 Å². The highest BCUT2D eigenvalue weighted by atomic mass is 32.1. The summed E-state index contributed by atoms with van der Waals surface area (Å²) in [4.78, 5) is 27.5. The van der Waals surface area contributed by atoms with Crippen molar-refractivity contribution < 1.29 is 9.59 Å². The zero-order valence-corrected chi connectivity index (χ0v) is 14.8. The molecule has 3 rings (SSSR count). The zero-order valence-electron chi connectivity index (χ0n) is 14.0. The number of carbonyl (C=O) groups is 2. The molecule has 6 nitrogen and oxygen atoms in total. The lowest BCUT2D eigenvalue weighted by Gasteiger charge is -2.32. The molecule has 2 amide bonds. The molecular weight excluding hydrogens is 324 g/mol. The number of hydrogen-bond acceptors (Lipinski definition) is 5. The summed E-state index contributed by atoms with van der Waals surface area (Å²) in [6.07, 6.45) is 3.11.